The van der Waals surface area contributed by atoms with E-state index in [0.29, 0.717) is 33.5 Å². The number of halogens is 2. The fourth-order valence-electron chi connectivity index (χ4n) is 4.83. The van der Waals surface area contributed by atoms with Crippen LogP contribution in [0.2, 0.25) is 5.02 Å². The molecule has 1 aliphatic rings. The molecule has 45 heavy (non-hydrogen) atoms. The number of aliphatic hydroxyl groups is 2. The molecule has 4 aromatic rings. The Labute approximate surface area is 262 Å². The first-order chi connectivity index (χ1) is 21.8. The minimum absolute atomic E-state index is 0.0107. The number of benzene rings is 3. The molecule has 0 fully saturated rings. The largest absolute Gasteiger partial charge is 0.488 e. The molecular weight excluding hydrogens is 609 g/mol. The Balaban J connectivity index is 1.40. The van der Waals surface area contributed by atoms with Crippen LogP contribution in [0.1, 0.15) is 16.7 Å². The summed E-state index contributed by atoms with van der Waals surface area (Å²) < 4.78 is 39.1. The van der Waals surface area contributed by atoms with Gasteiger partial charge in [-0.3, -0.25) is 10.1 Å². The average molecular weight is 640 g/mol. The highest BCUT2D eigenvalue weighted by molar-refractivity contribution is 6.32. The Morgan fingerprint density at radius 2 is 1.87 bits per heavy atom. The number of carbonyl (C=O) groups is 1. The first-order valence-electron chi connectivity index (χ1n) is 14.0. The van der Waals surface area contributed by atoms with Gasteiger partial charge in [-0.15, -0.1) is 0 Å². The molecule has 0 bridgehead atoms. The molecule has 3 atom stereocenters. The zero-order chi connectivity index (χ0) is 31.8. The highest BCUT2D eigenvalue weighted by atomic mass is 35.5. The number of nitrogens with one attached hydrogen (secondary N) is 1. The highest BCUT2D eigenvalue weighted by Gasteiger charge is 2.43. The normalized spacial score (nSPS) is 18.5. The van der Waals surface area contributed by atoms with Crippen LogP contribution in [0.4, 0.5) is 4.39 Å². The van der Waals surface area contributed by atoms with Crippen molar-refractivity contribution in [2.75, 3.05) is 26.4 Å². The van der Waals surface area contributed by atoms with E-state index in [1.54, 1.807) is 54.6 Å². The summed E-state index contributed by atoms with van der Waals surface area (Å²) in [4.78, 5) is 11.4. The van der Waals surface area contributed by atoms with Gasteiger partial charge in [-0.2, -0.15) is 0 Å². The Morgan fingerprint density at radius 3 is 2.62 bits per heavy atom. The van der Waals surface area contributed by atoms with E-state index in [0.717, 1.165) is 5.56 Å². The second-order valence-electron chi connectivity index (χ2n) is 10.2. The standard InChI is InChI=1S/C32H31ClFN3O8/c33-24-14-22(16-35-27(17-39)31(40)41)28(42-18-20-8-9-25-26(13-20)37-45-36-25)15-29(24)43-19-32(44-12-11-38)10-4-7-23(30(32)34)21-5-2-1-3-6-21/h1-10,13-15,27,30,35,38-39H,11-12,16-19H2,(H,40,41). The number of aromatic nitrogens is 2. The lowest BCUT2D eigenvalue weighted by atomic mass is 9.84. The van der Waals surface area contributed by atoms with Gasteiger partial charge in [0.2, 0.25) is 0 Å². The van der Waals surface area contributed by atoms with E-state index < -0.39 is 30.4 Å². The zero-order valence-electron chi connectivity index (χ0n) is 23.9. The van der Waals surface area contributed by atoms with E-state index in [9.17, 15) is 20.1 Å². The predicted octanol–water partition coefficient (Wildman–Crippen LogP) is 4.11. The van der Waals surface area contributed by atoms with Crippen LogP contribution >= 0.6 is 11.6 Å². The van der Waals surface area contributed by atoms with Crippen molar-refractivity contribution >= 4 is 34.2 Å². The third kappa shape index (κ3) is 7.49. The zero-order valence-corrected chi connectivity index (χ0v) is 24.7. The van der Waals surface area contributed by atoms with Crippen molar-refractivity contribution < 1.29 is 43.3 Å². The molecule has 3 unspecified atom stereocenters. The van der Waals surface area contributed by atoms with E-state index in [4.69, 9.17) is 30.4 Å². The van der Waals surface area contributed by atoms with Gasteiger partial charge in [0.25, 0.3) is 0 Å². The fraction of sp³-hybridized carbons (Fsp3) is 0.281. The summed E-state index contributed by atoms with van der Waals surface area (Å²) in [5, 5.41) is 38.8. The van der Waals surface area contributed by atoms with Gasteiger partial charge < -0.3 is 29.5 Å². The maximum absolute atomic E-state index is 16.2. The van der Waals surface area contributed by atoms with Gasteiger partial charge in [0.1, 0.15) is 41.8 Å². The van der Waals surface area contributed by atoms with Gasteiger partial charge in [0.15, 0.2) is 11.8 Å². The number of nitrogens with zero attached hydrogens (tertiary/aromatic N) is 2. The van der Waals surface area contributed by atoms with Gasteiger partial charge in [-0.05, 0) is 51.3 Å². The van der Waals surface area contributed by atoms with Crippen molar-refractivity contribution in [3.8, 4) is 11.5 Å². The number of ether oxygens (including phenoxy) is 3. The number of aliphatic hydroxyl groups excluding tert-OH is 2. The molecule has 4 N–H and O–H groups in total. The summed E-state index contributed by atoms with van der Waals surface area (Å²) in [7, 11) is 0. The van der Waals surface area contributed by atoms with Crippen LogP contribution < -0.4 is 14.8 Å². The topological polar surface area (TPSA) is 156 Å². The van der Waals surface area contributed by atoms with Crippen LogP contribution in [0.5, 0.6) is 11.5 Å². The monoisotopic (exact) mass is 639 g/mol. The minimum Gasteiger partial charge on any atom is -0.488 e. The van der Waals surface area contributed by atoms with Crippen molar-refractivity contribution in [1.29, 1.82) is 0 Å². The average Bonchev–Trinajstić information content (AvgIpc) is 3.52. The number of rotatable bonds is 15. The summed E-state index contributed by atoms with van der Waals surface area (Å²) in [6.45, 7) is -1.31. The summed E-state index contributed by atoms with van der Waals surface area (Å²) >= 11 is 6.61. The predicted molar refractivity (Wildman–Crippen MR) is 163 cm³/mol. The molecular formula is C32H31ClFN3O8. The highest BCUT2D eigenvalue weighted by Crippen LogP contribution is 2.39. The number of hydrogen-bond donors (Lipinski definition) is 4. The summed E-state index contributed by atoms with van der Waals surface area (Å²) in [5.41, 5.74) is 1.86. The van der Waals surface area contributed by atoms with Crippen molar-refractivity contribution in [1.82, 2.24) is 15.6 Å². The summed E-state index contributed by atoms with van der Waals surface area (Å²) in [5.74, 6) is -0.764. The SMILES string of the molecule is O=C(O)C(CO)NCc1cc(Cl)c(OCC2(OCCO)C=CC=C(c3ccccc3)C2F)cc1OCc1ccc2nonc2c1. The van der Waals surface area contributed by atoms with Crippen molar-refractivity contribution in [2.24, 2.45) is 0 Å². The van der Waals surface area contributed by atoms with E-state index in [2.05, 4.69) is 15.6 Å². The second kappa shape index (κ2) is 14.6. The lowest BCUT2D eigenvalue weighted by Crippen LogP contribution is -2.48. The summed E-state index contributed by atoms with van der Waals surface area (Å²) in [6.07, 6.45) is 3.27. The lowest BCUT2D eigenvalue weighted by molar-refractivity contribution is -0.140. The molecule has 236 valence electrons. The minimum atomic E-state index is -1.64. The molecule has 0 saturated carbocycles. The van der Waals surface area contributed by atoms with E-state index >= 15 is 4.39 Å². The molecule has 0 spiro atoms. The fourth-order valence-corrected chi connectivity index (χ4v) is 5.07. The van der Waals surface area contributed by atoms with Crippen LogP contribution in [0.25, 0.3) is 16.6 Å². The Morgan fingerprint density at radius 1 is 1.07 bits per heavy atom. The molecule has 1 aliphatic carbocycles. The first kappa shape index (κ1) is 32.1. The Bertz CT molecular complexity index is 1680. The Hall–Kier alpha value is -4.33. The molecule has 3 aromatic carbocycles. The maximum atomic E-state index is 16.2. The number of hydrogen-bond acceptors (Lipinski definition) is 10. The third-order valence-corrected chi connectivity index (χ3v) is 7.52. The van der Waals surface area contributed by atoms with E-state index in [1.807, 2.05) is 18.2 Å². The number of aliphatic carboxylic acids is 1. The molecule has 0 saturated heterocycles. The van der Waals surface area contributed by atoms with Crippen LogP contribution in [0, 0.1) is 0 Å². The first-order valence-corrected chi connectivity index (χ1v) is 14.4. The summed E-state index contributed by atoms with van der Waals surface area (Å²) in [6, 6.07) is 16.2. The molecule has 0 radical (unpaired) electrons. The second-order valence-corrected chi connectivity index (χ2v) is 10.7. The Kier molecular flexibility index (Phi) is 10.4. The van der Waals surface area contributed by atoms with Crippen LogP contribution in [0.3, 0.4) is 0 Å². The van der Waals surface area contributed by atoms with Crippen LogP contribution in [-0.2, 0) is 22.7 Å². The molecule has 1 aromatic heterocycles. The third-order valence-electron chi connectivity index (χ3n) is 7.23. The number of carboxylic acids is 1. The van der Waals surface area contributed by atoms with Crippen LogP contribution in [0.15, 0.2) is 83.5 Å². The van der Waals surface area contributed by atoms with E-state index in [1.165, 1.54) is 6.07 Å². The molecule has 13 heteroatoms. The van der Waals surface area contributed by atoms with Gasteiger partial charge in [0.05, 0.1) is 24.8 Å². The molecule has 11 nitrogen and oxygen atoms in total. The van der Waals surface area contributed by atoms with Gasteiger partial charge >= 0.3 is 5.97 Å². The van der Waals surface area contributed by atoms with Crippen LogP contribution in [-0.4, -0.2) is 75.8 Å². The quantitative estimate of drug-likeness (QED) is 0.148. The lowest BCUT2D eigenvalue weighted by Gasteiger charge is -2.37. The van der Waals surface area contributed by atoms with Crippen molar-refractivity contribution in [2.45, 2.75) is 31.0 Å². The van der Waals surface area contributed by atoms with Crippen molar-refractivity contribution in [3.63, 3.8) is 0 Å². The number of allylic oxidation sites excluding steroid dienone is 2. The molecule has 0 aliphatic heterocycles. The van der Waals surface area contributed by atoms with Crippen molar-refractivity contribution in [3.05, 3.63) is 101 Å². The molecule has 1 heterocycles. The van der Waals surface area contributed by atoms with Gasteiger partial charge in [-0.25, -0.2) is 9.02 Å². The van der Waals surface area contributed by atoms with Gasteiger partial charge in [0, 0.05) is 18.2 Å². The van der Waals surface area contributed by atoms with Gasteiger partial charge in [-0.1, -0.05) is 60.2 Å². The molecule has 0 amide bonds. The smallest absolute Gasteiger partial charge is 0.323 e. The molecule has 5 rings (SSSR count). The maximum Gasteiger partial charge on any atom is 0.323 e. The number of fused-ring (bicyclic) bond motifs is 1. The van der Waals surface area contributed by atoms with E-state index in [-0.39, 0.29) is 43.7 Å². The number of carboxylic acid groups (broad SMARTS) is 1. The number of alkyl halides is 1.